The van der Waals surface area contributed by atoms with Gasteiger partial charge < -0.3 is 18.3 Å². The van der Waals surface area contributed by atoms with E-state index in [2.05, 4.69) is 0 Å². The molecule has 0 aliphatic heterocycles. The zero-order valence-corrected chi connectivity index (χ0v) is 12.9. The van der Waals surface area contributed by atoms with Crippen LogP contribution >= 0.6 is 0 Å². The van der Waals surface area contributed by atoms with E-state index in [1.165, 1.54) is 14.2 Å². The predicted molar refractivity (Wildman–Crippen MR) is 89.1 cm³/mol. The topological polar surface area (TPSA) is 78.9 Å². The van der Waals surface area contributed by atoms with Crippen molar-refractivity contribution in [3.8, 4) is 11.5 Å². The molecular formula is C18H12O6. The molecule has 2 aromatic heterocycles. The maximum absolute atomic E-state index is 12.7. The summed E-state index contributed by atoms with van der Waals surface area (Å²) >= 11 is 0. The Morgan fingerprint density at radius 3 is 2.00 bits per heavy atom. The largest absolute Gasteiger partial charge is 0.497 e. The van der Waals surface area contributed by atoms with Crippen LogP contribution in [0.2, 0.25) is 0 Å². The van der Waals surface area contributed by atoms with E-state index in [-0.39, 0.29) is 16.6 Å². The minimum atomic E-state index is -0.739. The average molecular weight is 324 g/mol. The fourth-order valence-corrected chi connectivity index (χ4v) is 2.73. The van der Waals surface area contributed by atoms with Crippen LogP contribution in [-0.2, 0) is 0 Å². The van der Waals surface area contributed by atoms with Crippen molar-refractivity contribution < 1.29 is 18.3 Å². The van der Waals surface area contributed by atoms with Crippen LogP contribution in [0.3, 0.4) is 0 Å². The van der Waals surface area contributed by atoms with Gasteiger partial charge in [0.1, 0.15) is 22.7 Å². The molecular weight excluding hydrogens is 312 g/mol. The van der Waals surface area contributed by atoms with Gasteiger partial charge in [-0.15, -0.1) is 0 Å². The predicted octanol–water partition coefficient (Wildman–Crippen LogP) is 3.07. The van der Waals surface area contributed by atoms with E-state index < -0.39 is 11.1 Å². The van der Waals surface area contributed by atoms with Gasteiger partial charge in [0.25, 0.3) is 0 Å². The first-order valence-corrected chi connectivity index (χ1v) is 7.18. The van der Waals surface area contributed by atoms with E-state index in [0.29, 0.717) is 27.9 Å². The highest BCUT2D eigenvalue weighted by atomic mass is 16.5. The first-order chi connectivity index (χ1) is 11.6. The van der Waals surface area contributed by atoms with Crippen LogP contribution in [0.15, 0.2) is 54.8 Å². The summed E-state index contributed by atoms with van der Waals surface area (Å²) in [6, 6.07) is 9.79. The van der Waals surface area contributed by atoms with Crippen molar-refractivity contribution in [2.24, 2.45) is 0 Å². The monoisotopic (exact) mass is 324 g/mol. The summed E-state index contributed by atoms with van der Waals surface area (Å²) in [4.78, 5) is 25.0. The van der Waals surface area contributed by atoms with Crippen LogP contribution < -0.4 is 20.5 Å². The molecule has 0 amide bonds. The van der Waals surface area contributed by atoms with Crippen molar-refractivity contribution in [2.75, 3.05) is 14.2 Å². The molecule has 0 saturated heterocycles. The molecule has 0 aliphatic rings. The van der Waals surface area contributed by atoms with E-state index in [4.69, 9.17) is 18.3 Å². The van der Waals surface area contributed by atoms with Gasteiger partial charge in [0.2, 0.25) is 5.43 Å². The minimum absolute atomic E-state index is 0.106. The average Bonchev–Trinajstić information content (AvgIpc) is 2.60. The van der Waals surface area contributed by atoms with Crippen molar-refractivity contribution in [3.05, 3.63) is 57.0 Å². The van der Waals surface area contributed by atoms with Crippen LogP contribution in [-0.4, -0.2) is 14.2 Å². The number of hydrogen-bond acceptors (Lipinski definition) is 6. The summed E-state index contributed by atoms with van der Waals surface area (Å²) in [6.45, 7) is 0. The number of ether oxygens (including phenoxy) is 2. The molecule has 24 heavy (non-hydrogen) atoms. The molecule has 4 rings (SSSR count). The maximum atomic E-state index is 12.7. The SMILES string of the molecule is COc1ccc2c(=O)c3c(=O)oc4cc(OC)ccc4c3oc2c1. The molecule has 0 spiro atoms. The molecule has 120 valence electrons. The lowest BCUT2D eigenvalue weighted by Gasteiger charge is -2.06. The third kappa shape index (κ3) is 1.96. The Balaban J connectivity index is 2.24. The fraction of sp³-hybridized carbons (Fsp3) is 0.111. The van der Waals surface area contributed by atoms with Crippen LogP contribution in [0.5, 0.6) is 11.5 Å². The van der Waals surface area contributed by atoms with Gasteiger partial charge in [0, 0.05) is 12.1 Å². The van der Waals surface area contributed by atoms with Gasteiger partial charge in [0.15, 0.2) is 11.0 Å². The second-order valence-corrected chi connectivity index (χ2v) is 5.25. The molecule has 0 saturated carbocycles. The van der Waals surface area contributed by atoms with Crippen LogP contribution in [0, 0.1) is 0 Å². The van der Waals surface area contributed by atoms with Crippen molar-refractivity contribution in [3.63, 3.8) is 0 Å². The van der Waals surface area contributed by atoms with E-state index >= 15 is 0 Å². The number of methoxy groups -OCH3 is 2. The van der Waals surface area contributed by atoms with Crippen LogP contribution in [0.1, 0.15) is 0 Å². The zero-order valence-electron chi connectivity index (χ0n) is 12.9. The van der Waals surface area contributed by atoms with Gasteiger partial charge in [-0.2, -0.15) is 0 Å². The van der Waals surface area contributed by atoms with Gasteiger partial charge in [-0.05, 0) is 24.3 Å². The second-order valence-electron chi connectivity index (χ2n) is 5.25. The molecule has 0 unspecified atom stereocenters. The Labute approximate surface area is 134 Å². The molecule has 0 atom stereocenters. The van der Waals surface area contributed by atoms with Gasteiger partial charge in [-0.25, -0.2) is 4.79 Å². The maximum Gasteiger partial charge on any atom is 0.351 e. The normalized spacial score (nSPS) is 11.2. The van der Waals surface area contributed by atoms with E-state index in [1.807, 2.05) is 0 Å². The summed E-state index contributed by atoms with van der Waals surface area (Å²) in [5, 5.41) is 0.709. The third-order valence-electron chi connectivity index (χ3n) is 3.94. The summed E-state index contributed by atoms with van der Waals surface area (Å²) < 4.78 is 21.4. The Morgan fingerprint density at radius 1 is 0.792 bits per heavy atom. The summed E-state index contributed by atoms with van der Waals surface area (Å²) in [5.74, 6) is 1.09. The van der Waals surface area contributed by atoms with Crippen molar-refractivity contribution in [2.45, 2.75) is 0 Å². The first kappa shape index (κ1) is 14.3. The van der Waals surface area contributed by atoms with Gasteiger partial charge in [0.05, 0.1) is 25.0 Å². The zero-order chi connectivity index (χ0) is 16.8. The molecule has 6 nitrogen and oxygen atoms in total. The number of fused-ring (bicyclic) bond motifs is 4. The lowest BCUT2D eigenvalue weighted by Crippen LogP contribution is -2.13. The molecule has 4 aromatic rings. The molecule has 0 N–H and O–H groups in total. The Bertz CT molecular complexity index is 1220. The number of benzene rings is 2. The quantitative estimate of drug-likeness (QED) is 0.320. The van der Waals surface area contributed by atoms with Crippen LogP contribution in [0.4, 0.5) is 0 Å². The molecule has 0 bridgehead atoms. The highest BCUT2D eigenvalue weighted by molar-refractivity contribution is 6.03. The third-order valence-corrected chi connectivity index (χ3v) is 3.94. The lowest BCUT2D eigenvalue weighted by atomic mass is 10.1. The smallest absolute Gasteiger partial charge is 0.351 e. The second kappa shape index (κ2) is 5.13. The molecule has 0 aliphatic carbocycles. The minimum Gasteiger partial charge on any atom is -0.497 e. The highest BCUT2D eigenvalue weighted by Crippen LogP contribution is 2.28. The Kier molecular flexibility index (Phi) is 3.06. The van der Waals surface area contributed by atoms with Crippen molar-refractivity contribution >= 4 is 32.9 Å². The van der Waals surface area contributed by atoms with E-state index in [9.17, 15) is 9.59 Å². The first-order valence-electron chi connectivity index (χ1n) is 7.18. The van der Waals surface area contributed by atoms with E-state index in [1.54, 1.807) is 36.4 Å². The van der Waals surface area contributed by atoms with E-state index in [0.717, 1.165) is 0 Å². The molecule has 6 heteroatoms. The number of rotatable bonds is 2. The highest BCUT2D eigenvalue weighted by Gasteiger charge is 2.17. The molecule has 0 radical (unpaired) electrons. The van der Waals surface area contributed by atoms with Gasteiger partial charge >= 0.3 is 5.63 Å². The summed E-state index contributed by atoms with van der Waals surface area (Å²) in [5.41, 5.74) is -0.348. The van der Waals surface area contributed by atoms with Gasteiger partial charge in [-0.3, -0.25) is 4.79 Å². The summed E-state index contributed by atoms with van der Waals surface area (Å²) in [7, 11) is 3.04. The van der Waals surface area contributed by atoms with Crippen molar-refractivity contribution in [1.82, 2.24) is 0 Å². The number of hydrogen-bond donors (Lipinski definition) is 0. The van der Waals surface area contributed by atoms with Crippen molar-refractivity contribution in [1.29, 1.82) is 0 Å². The summed E-state index contributed by atoms with van der Waals surface area (Å²) in [6.07, 6.45) is 0. The Hall–Kier alpha value is -3.28. The molecule has 2 heterocycles. The van der Waals surface area contributed by atoms with Crippen LogP contribution in [0.25, 0.3) is 32.9 Å². The Morgan fingerprint density at radius 2 is 1.38 bits per heavy atom. The molecule has 2 aromatic carbocycles. The lowest BCUT2D eigenvalue weighted by molar-refractivity contribution is 0.414. The van der Waals surface area contributed by atoms with Gasteiger partial charge in [-0.1, -0.05) is 0 Å². The fourth-order valence-electron chi connectivity index (χ4n) is 2.73. The molecule has 0 fully saturated rings. The standard InChI is InChI=1S/C18H12O6/c1-21-9-3-5-11-13(7-9)23-17-12-6-4-10(22-2)8-14(12)24-18(20)15(17)16(11)19/h3-8H,1-2H3.